The van der Waals surface area contributed by atoms with Gasteiger partial charge in [0.1, 0.15) is 0 Å². The first-order chi connectivity index (χ1) is 20.0. The van der Waals surface area contributed by atoms with Crippen molar-refractivity contribution in [2.24, 2.45) is 13.0 Å². The van der Waals surface area contributed by atoms with Gasteiger partial charge in [-0.3, -0.25) is 0 Å². The number of benzene rings is 6. The van der Waals surface area contributed by atoms with Gasteiger partial charge >= 0.3 is 0 Å². The Hall–Kier alpha value is -4.44. The summed E-state index contributed by atoms with van der Waals surface area (Å²) in [4.78, 5) is 0. The van der Waals surface area contributed by atoms with Crippen molar-refractivity contribution >= 4 is 49.3 Å². The lowest BCUT2D eigenvalue weighted by Gasteiger charge is -2.46. The molecule has 8 rings (SSSR count). The van der Waals surface area contributed by atoms with Gasteiger partial charge in [-0.05, 0) is 62.2 Å². The number of aryl methyl sites for hydroxylation is 2. The number of nitrogens with zero attached hydrogens (tertiary/aromatic N) is 1. The van der Waals surface area contributed by atoms with E-state index in [2.05, 4.69) is 128 Å². The number of aliphatic hydroxyl groups excluding tert-OH is 2. The third kappa shape index (κ3) is 3.40. The van der Waals surface area contributed by atoms with Crippen LogP contribution in [0.3, 0.4) is 0 Å². The van der Waals surface area contributed by atoms with Crippen LogP contribution in [0.4, 0.5) is 0 Å². The van der Waals surface area contributed by atoms with Crippen molar-refractivity contribution < 1.29 is 10.2 Å². The van der Waals surface area contributed by atoms with E-state index in [0.717, 1.165) is 43.4 Å². The topological polar surface area (TPSA) is 45.4 Å². The lowest BCUT2D eigenvalue weighted by molar-refractivity contribution is -0.0865. The van der Waals surface area contributed by atoms with E-state index in [-0.39, 0.29) is 11.8 Å². The number of fused-ring (bicyclic) bond motifs is 2. The summed E-state index contributed by atoms with van der Waals surface area (Å²) in [6.45, 7) is 2.15. The summed E-state index contributed by atoms with van der Waals surface area (Å²) in [6, 6.07) is 38.1. The maximum atomic E-state index is 11.8. The second kappa shape index (κ2) is 9.04. The molecule has 2 N–H and O–H groups in total. The van der Waals surface area contributed by atoms with E-state index >= 15 is 0 Å². The first-order valence-electron chi connectivity index (χ1n) is 14.4. The molecular weight excluding hydrogens is 502 g/mol. The molecule has 0 aliphatic heterocycles. The van der Waals surface area contributed by atoms with Gasteiger partial charge in [-0.1, -0.05) is 109 Å². The zero-order chi connectivity index (χ0) is 27.8. The Labute approximate surface area is 238 Å². The highest BCUT2D eigenvalue weighted by Crippen LogP contribution is 2.50. The molecule has 1 aliphatic rings. The predicted octanol–water partition coefficient (Wildman–Crippen LogP) is 7.25. The fourth-order valence-electron chi connectivity index (χ4n) is 7.43. The standard InChI is InChI=1S/C38H31NO2/c1-22-19-20-31-34-24(22)17-10-18-29(34)32(39(31)2)21-30-37(40)36(38(30)41)35-27-15-8-6-13-25(27)33(23-11-4-3-5-12-23)26-14-7-9-16-28(26)35/h3-21,30,36-38,40-41H,1-2H3/b32-21+. The van der Waals surface area contributed by atoms with Crippen LogP contribution in [0.2, 0.25) is 0 Å². The molecule has 2 atom stereocenters. The Morgan fingerprint density at radius 2 is 1.17 bits per heavy atom. The molecule has 3 heteroatoms. The zero-order valence-corrected chi connectivity index (χ0v) is 23.1. The Kier molecular flexibility index (Phi) is 5.37. The van der Waals surface area contributed by atoms with Gasteiger partial charge in [-0.15, -0.1) is 0 Å². The molecule has 0 bridgehead atoms. The summed E-state index contributed by atoms with van der Waals surface area (Å²) < 4.78 is 2.20. The van der Waals surface area contributed by atoms with Crippen LogP contribution in [-0.2, 0) is 7.05 Å². The van der Waals surface area contributed by atoms with Crippen LogP contribution >= 0.6 is 0 Å². The van der Waals surface area contributed by atoms with Crippen molar-refractivity contribution in [3.8, 4) is 11.1 Å². The van der Waals surface area contributed by atoms with Gasteiger partial charge in [0.25, 0.3) is 0 Å². The molecule has 1 fully saturated rings. The lowest BCUT2D eigenvalue weighted by Crippen LogP contribution is -2.53. The summed E-state index contributed by atoms with van der Waals surface area (Å²) in [6.07, 6.45) is 0.688. The first-order valence-corrected chi connectivity index (χ1v) is 14.4. The van der Waals surface area contributed by atoms with E-state index in [9.17, 15) is 10.2 Å². The van der Waals surface area contributed by atoms with E-state index in [4.69, 9.17) is 0 Å². The van der Waals surface area contributed by atoms with Crippen molar-refractivity contribution in [3.05, 3.63) is 126 Å². The Morgan fingerprint density at radius 1 is 0.610 bits per heavy atom. The third-order valence-corrected chi connectivity index (χ3v) is 9.48. The van der Waals surface area contributed by atoms with Crippen LogP contribution in [0.1, 0.15) is 17.0 Å². The predicted molar refractivity (Wildman–Crippen MR) is 170 cm³/mol. The van der Waals surface area contributed by atoms with Crippen LogP contribution in [0.15, 0.2) is 109 Å². The van der Waals surface area contributed by atoms with Gasteiger partial charge in [-0.2, -0.15) is 0 Å². The van der Waals surface area contributed by atoms with Gasteiger partial charge in [0.15, 0.2) is 0 Å². The van der Waals surface area contributed by atoms with Crippen molar-refractivity contribution in [3.63, 3.8) is 0 Å². The molecule has 7 aromatic rings. The largest absolute Gasteiger partial charge is 0.392 e. The fourth-order valence-corrected chi connectivity index (χ4v) is 7.43. The Bertz CT molecular complexity index is 2110. The molecule has 0 spiro atoms. The van der Waals surface area contributed by atoms with Crippen molar-refractivity contribution in [1.82, 2.24) is 4.57 Å². The molecule has 1 saturated carbocycles. The van der Waals surface area contributed by atoms with E-state index < -0.39 is 12.2 Å². The summed E-state index contributed by atoms with van der Waals surface area (Å²) in [5.74, 6) is -0.752. The molecule has 3 nitrogen and oxygen atoms in total. The maximum absolute atomic E-state index is 11.8. The summed E-state index contributed by atoms with van der Waals surface area (Å²) in [5.41, 5.74) is 5.81. The lowest BCUT2D eigenvalue weighted by atomic mass is 9.64. The van der Waals surface area contributed by atoms with Gasteiger partial charge in [0.05, 0.1) is 12.2 Å². The number of aromatic nitrogens is 1. The molecule has 1 aliphatic carbocycles. The smallest absolute Gasteiger partial charge is 0.0722 e. The Balaban J connectivity index is 1.31. The molecule has 0 saturated heterocycles. The number of hydrogen-bond donors (Lipinski definition) is 2. The Morgan fingerprint density at radius 3 is 1.83 bits per heavy atom. The minimum absolute atomic E-state index is 0.366. The minimum atomic E-state index is -0.704. The second-order valence-corrected chi connectivity index (χ2v) is 11.6. The molecule has 41 heavy (non-hydrogen) atoms. The summed E-state index contributed by atoms with van der Waals surface area (Å²) in [5, 5.41) is 32.7. The average molecular weight is 534 g/mol. The van der Waals surface area contributed by atoms with Gasteiger partial charge < -0.3 is 14.8 Å². The highest BCUT2D eigenvalue weighted by molar-refractivity contribution is 6.15. The van der Waals surface area contributed by atoms with Gasteiger partial charge in [0.2, 0.25) is 0 Å². The number of rotatable bonds is 3. The fraction of sp³-hybridized carbons (Fsp3) is 0.158. The quantitative estimate of drug-likeness (QED) is 0.235. The summed E-state index contributed by atoms with van der Waals surface area (Å²) in [7, 11) is 2.08. The molecular formula is C38H31NO2. The molecule has 200 valence electrons. The normalized spacial score (nSPS) is 21.3. The first kappa shape index (κ1) is 24.4. The maximum Gasteiger partial charge on any atom is 0.0722 e. The van der Waals surface area contributed by atoms with Crippen molar-refractivity contribution in [1.29, 1.82) is 0 Å². The highest BCUT2D eigenvalue weighted by Gasteiger charge is 2.49. The highest BCUT2D eigenvalue weighted by atomic mass is 16.3. The van der Waals surface area contributed by atoms with E-state index in [0.29, 0.717) is 0 Å². The molecule has 1 heterocycles. The number of aliphatic hydroxyl groups is 2. The van der Waals surface area contributed by atoms with Crippen LogP contribution < -0.4 is 5.35 Å². The monoisotopic (exact) mass is 533 g/mol. The number of hydrogen-bond acceptors (Lipinski definition) is 2. The SMILES string of the molecule is Cc1ccc2c3c1cccc3/c(=C\C1C(O)C(c3c4ccccc4c(-c4ccccc4)c4ccccc34)C1O)n2C. The van der Waals surface area contributed by atoms with Gasteiger partial charge in [-0.25, -0.2) is 0 Å². The van der Waals surface area contributed by atoms with Crippen molar-refractivity contribution in [2.45, 2.75) is 25.0 Å². The summed E-state index contributed by atoms with van der Waals surface area (Å²) >= 11 is 0. The van der Waals surface area contributed by atoms with Gasteiger partial charge in [0, 0.05) is 40.5 Å². The molecule has 6 aromatic carbocycles. The zero-order valence-electron chi connectivity index (χ0n) is 23.1. The minimum Gasteiger partial charge on any atom is -0.392 e. The molecule has 0 radical (unpaired) electrons. The van der Waals surface area contributed by atoms with Crippen LogP contribution in [-0.4, -0.2) is 27.0 Å². The van der Waals surface area contributed by atoms with E-state index in [1.54, 1.807) is 0 Å². The van der Waals surface area contributed by atoms with Crippen LogP contribution in [0.5, 0.6) is 0 Å². The molecule has 0 amide bonds. The van der Waals surface area contributed by atoms with Crippen LogP contribution in [0.25, 0.3) is 60.4 Å². The molecule has 1 aromatic heterocycles. The third-order valence-electron chi connectivity index (χ3n) is 9.48. The second-order valence-electron chi connectivity index (χ2n) is 11.6. The van der Waals surface area contributed by atoms with Crippen LogP contribution in [0, 0.1) is 12.8 Å². The van der Waals surface area contributed by atoms with E-state index in [1.807, 2.05) is 6.07 Å². The van der Waals surface area contributed by atoms with E-state index in [1.165, 1.54) is 27.4 Å². The molecule has 2 unspecified atom stereocenters. The average Bonchev–Trinajstić information content (AvgIpc) is 3.29. The van der Waals surface area contributed by atoms with Crippen molar-refractivity contribution in [2.75, 3.05) is 0 Å².